The Morgan fingerprint density at radius 1 is 1.24 bits per heavy atom. The summed E-state index contributed by atoms with van der Waals surface area (Å²) in [5.41, 5.74) is -1.45. The number of carbonyl (C=O) groups is 2. The van der Waals surface area contributed by atoms with Gasteiger partial charge in [0.15, 0.2) is 0 Å². The van der Waals surface area contributed by atoms with E-state index in [0.717, 1.165) is 25.7 Å². The molecule has 2 amide bonds. The van der Waals surface area contributed by atoms with E-state index in [1.807, 2.05) is 0 Å². The largest absolute Gasteiger partial charge is 0.379 e. The molecule has 2 fully saturated rings. The molecule has 5 heteroatoms. The molecule has 0 aromatic rings. The Labute approximate surface area is 127 Å². The first kappa shape index (κ1) is 16.3. The van der Waals surface area contributed by atoms with Gasteiger partial charge in [-0.15, -0.1) is 0 Å². The molecule has 2 aliphatic rings. The van der Waals surface area contributed by atoms with Gasteiger partial charge < -0.3 is 15.0 Å². The van der Waals surface area contributed by atoms with Crippen molar-refractivity contribution in [1.82, 2.24) is 10.2 Å². The van der Waals surface area contributed by atoms with Crippen LogP contribution in [0.15, 0.2) is 0 Å². The zero-order chi connectivity index (χ0) is 15.7. The lowest BCUT2D eigenvalue weighted by Crippen LogP contribution is -2.73. The lowest BCUT2D eigenvalue weighted by Gasteiger charge is -2.49. The highest BCUT2D eigenvalue weighted by Crippen LogP contribution is 2.39. The number of nitrogens with one attached hydrogen (secondary N) is 1. The molecule has 1 saturated heterocycles. The highest BCUT2D eigenvalue weighted by Gasteiger charge is 2.55. The highest BCUT2D eigenvalue weighted by molar-refractivity contribution is 6.02. The van der Waals surface area contributed by atoms with E-state index in [0.29, 0.717) is 25.7 Å². The molecule has 0 aromatic heterocycles. The van der Waals surface area contributed by atoms with E-state index in [1.54, 1.807) is 18.7 Å². The minimum atomic E-state index is -0.816. The van der Waals surface area contributed by atoms with Crippen LogP contribution in [0, 0.1) is 5.92 Å². The summed E-state index contributed by atoms with van der Waals surface area (Å²) in [6, 6.07) is 0. The Morgan fingerprint density at radius 2 is 1.86 bits per heavy atom. The number of amides is 2. The molecule has 5 nitrogen and oxygen atoms in total. The first-order valence-electron chi connectivity index (χ1n) is 8.02. The van der Waals surface area contributed by atoms with E-state index in [9.17, 15) is 9.59 Å². The van der Waals surface area contributed by atoms with Crippen LogP contribution in [0.5, 0.6) is 0 Å². The van der Waals surface area contributed by atoms with Gasteiger partial charge in [-0.1, -0.05) is 26.7 Å². The van der Waals surface area contributed by atoms with Crippen molar-refractivity contribution in [2.45, 2.75) is 64.5 Å². The van der Waals surface area contributed by atoms with Crippen LogP contribution in [-0.4, -0.2) is 47.6 Å². The Bertz CT molecular complexity index is 412. The van der Waals surface area contributed by atoms with Gasteiger partial charge in [0.2, 0.25) is 11.8 Å². The summed E-state index contributed by atoms with van der Waals surface area (Å²) in [4.78, 5) is 27.1. The molecular formula is C16H28N2O3. The van der Waals surface area contributed by atoms with Crippen molar-refractivity contribution < 1.29 is 14.3 Å². The Morgan fingerprint density at radius 3 is 2.43 bits per heavy atom. The van der Waals surface area contributed by atoms with Gasteiger partial charge in [0.25, 0.3) is 0 Å². The van der Waals surface area contributed by atoms with E-state index >= 15 is 0 Å². The molecule has 1 N–H and O–H groups in total. The van der Waals surface area contributed by atoms with Crippen molar-refractivity contribution in [3.8, 4) is 0 Å². The SMILES string of the molecule is CC(C)COCCN1C(=O)C(C)(C)NC(=O)C12CCCC2. The molecule has 1 saturated carbocycles. The fourth-order valence-corrected chi connectivity index (χ4v) is 3.36. The third-order valence-corrected chi connectivity index (χ3v) is 4.49. The van der Waals surface area contributed by atoms with Crippen molar-refractivity contribution in [1.29, 1.82) is 0 Å². The summed E-state index contributed by atoms with van der Waals surface area (Å²) < 4.78 is 5.63. The predicted molar refractivity (Wildman–Crippen MR) is 80.8 cm³/mol. The molecule has 0 aromatic carbocycles. The maximum Gasteiger partial charge on any atom is 0.248 e. The molecule has 2 rings (SSSR count). The smallest absolute Gasteiger partial charge is 0.248 e. The van der Waals surface area contributed by atoms with Crippen molar-refractivity contribution >= 4 is 11.8 Å². The van der Waals surface area contributed by atoms with Crippen LogP contribution in [0.1, 0.15) is 53.4 Å². The molecule has 21 heavy (non-hydrogen) atoms. The maximum absolute atomic E-state index is 12.7. The molecular weight excluding hydrogens is 268 g/mol. The molecule has 0 unspecified atom stereocenters. The average molecular weight is 296 g/mol. The summed E-state index contributed by atoms with van der Waals surface area (Å²) in [7, 11) is 0. The van der Waals surface area contributed by atoms with Crippen LogP contribution < -0.4 is 5.32 Å². The monoisotopic (exact) mass is 296 g/mol. The van der Waals surface area contributed by atoms with Crippen molar-refractivity contribution in [2.75, 3.05) is 19.8 Å². The van der Waals surface area contributed by atoms with Crippen LogP contribution in [-0.2, 0) is 14.3 Å². The third kappa shape index (κ3) is 3.07. The van der Waals surface area contributed by atoms with Crippen LogP contribution in [0.4, 0.5) is 0 Å². The number of carbonyl (C=O) groups excluding carboxylic acids is 2. The third-order valence-electron chi connectivity index (χ3n) is 4.49. The molecule has 0 bridgehead atoms. The fraction of sp³-hybridized carbons (Fsp3) is 0.875. The van der Waals surface area contributed by atoms with Crippen molar-refractivity contribution in [3.05, 3.63) is 0 Å². The fourth-order valence-electron chi connectivity index (χ4n) is 3.36. The van der Waals surface area contributed by atoms with Gasteiger partial charge in [0.1, 0.15) is 11.1 Å². The number of hydrogen-bond donors (Lipinski definition) is 1. The Hall–Kier alpha value is -1.10. The highest BCUT2D eigenvalue weighted by atomic mass is 16.5. The minimum absolute atomic E-state index is 0.00783. The molecule has 1 spiro atoms. The topological polar surface area (TPSA) is 58.6 Å². The van der Waals surface area contributed by atoms with Gasteiger partial charge in [-0.2, -0.15) is 0 Å². The number of ether oxygens (including phenoxy) is 1. The first-order valence-corrected chi connectivity index (χ1v) is 8.02. The van der Waals surface area contributed by atoms with Gasteiger partial charge in [0.05, 0.1) is 6.61 Å². The van der Waals surface area contributed by atoms with Crippen molar-refractivity contribution in [2.24, 2.45) is 5.92 Å². The van der Waals surface area contributed by atoms with E-state index < -0.39 is 11.1 Å². The van der Waals surface area contributed by atoms with Gasteiger partial charge in [-0.05, 0) is 32.6 Å². The summed E-state index contributed by atoms with van der Waals surface area (Å²) in [5, 5.41) is 2.91. The summed E-state index contributed by atoms with van der Waals surface area (Å²) in [6.07, 6.45) is 3.55. The van der Waals surface area contributed by atoms with E-state index in [2.05, 4.69) is 19.2 Å². The Balaban J connectivity index is 2.11. The molecule has 1 heterocycles. The minimum Gasteiger partial charge on any atom is -0.379 e. The first-order chi connectivity index (χ1) is 9.79. The number of piperazine rings is 1. The second-order valence-corrected chi connectivity index (χ2v) is 7.24. The average Bonchev–Trinajstić information content (AvgIpc) is 2.86. The maximum atomic E-state index is 12.7. The molecule has 120 valence electrons. The normalized spacial score (nSPS) is 24.0. The van der Waals surface area contributed by atoms with E-state index in [1.165, 1.54) is 0 Å². The zero-order valence-corrected chi connectivity index (χ0v) is 13.7. The van der Waals surface area contributed by atoms with Crippen LogP contribution >= 0.6 is 0 Å². The molecule has 1 aliphatic heterocycles. The number of nitrogens with zero attached hydrogens (tertiary/aromatic N) is 1. The lowest BCUT2D eigenvalue weighted by atomic mass is 9.85. The van der Waals surface area contributed by atoms with Crippen LogP contribution in [0.25, 0.3) is 0 Å². The van der Waals surface area contributed by atoms with E-state index in [-0.39, 0.29) is 11.8 Å². The lowest BCUT2D eigenvalue weighted by molar-refractivity contribution is -0.162. The molecule has 1 aliphatic carbocycles. The second kappa shape index (κ2) is 5.95. The summed E-state index contributed by atoms with van der Waals surface area (Å²) >= 11 is 0. The second-order valence-electron chi connectivity index (χ2n) is 7.24. The van der Waals surface area contributed by atoms with Crippen LogP contribution in [0.3, 0.4) is 0 Å². The molecule has 0 atom stereocenters. The summed E-state index contributed by atoms with van der Waals surface area (Å²) in [5.74, 6) is 0.493. The quantitative estimate of drug-likeness (QED) is 0.786. The summed E-state index contributed by atoms with van der Waals surface area (Å²) in [6.45, 7) is 9.43. The van der Waals surface area contributed by atoms with Gasteiger partial charge in [-0.3, -0.25) is 9.59 Å². The van der Waals surface area contributed by atoms with Gasteiger partial charge in [0, 0.05) is 13.2 Å². The van der Waals surface area contributed by atoms with E-state index in [4.69, 9.17) is 4.74 Å². The Kier molecular flexibility index (Phi) is 4.61. The predicted octanol–water partition coefficient (Wildman–Crippen LogP) is 1.71. The van der Waals surface area contributed by atoms with Crippen LogP contribution in [0.2, 0.25) is 0 Å². The van der Waals surface area contributed by atoms with Gasteiger partial charge >= 0.3 is 0 Å². The number of rotatable bonds is 5. The number of hydrogen-bond acceptors (Lipinski definition) is 3. The molecule has 0 radical (unpaired) electrons. The zero-order valence-electron chi connectivity index (χ0n) is 13.7. The standard InChI is InChI=1S/C16H28N2O3/c1-12(2)11-21-10-9-18-14(20)15(3,4)17-13(19)16(18)7-5-6-8-16/h12H,5-11H2,1-4H3,(H,17,19). The van der Waals surface area contributed by atoms with Crippen molar-refractivity contribution in [3.63, 3.8) is 0 Å². The van der Waals surface area contributed by atoms with Gasteiger partial charge in [-0.25, -0.2) is 0 Å².